The van der Waals surface area contributed by atoms with Crippen molar-refractivity contribution in [3.05, 3.63) is 53.9 Å². The number of terminal acetylenes is 1. The van der Waals surface area contributed by atoms with Crippen LogP contribution in [0, 0.1) is 12.3 Å². The summed E-state index contributed by atoms with van der Waals surface area (Å²) in [6.07, 6.45) is 11.6. The number of hydrogen-bond donors (Lipinski definition) is 0. The van der Waals surface area contributed by atoms with Crippen molar-refractivity contribution in [3.8, 4) is 18.1 Å². The van der Waals surface area contributed by atoms with Gasteiger partial charge in [-0.2, -0.15) is 5.10 Å². The van der Waals surface area contributed by atoms with Gasteiger partial charge in [0.2, 0.25) is 0 Å². The van der Waals surface area contributed by atoms with Gasteiger partial charge in [-0.15, -0.1) is 6.42 Å². The van der Waals surface area contributed by atoms with E-state index in [1.807, 2.05) is 24.3 Å². The number of ether oxygens (including phenoxy) is 1. The van der Waals surface area contributed by atoms with Crippen LogP contribution in [-0.2, 0) is 7.05 Å². The van der Waals surface area contributed by atoms with E-state index in [4.69, 9.17) is 11.2 Å². The first-order valence-corrected chi connectivity index (χ1v) is 6.06. The summed E-state index contributed by atoms with van der Waals surface area (Å²) in [6.45, 7) is 0.245. The topological polar surface area (TPSA) is 44.1 Å². The van der Waals surface area contributed by atoms with E-state index in [1.54, 1.807) is 30.2 Å². The molecule has 2 aromatic rings. The van der Waals surface area contributed by atoms with Crippen LogP contribution in [0.3, 0.4) is 0 Å². The number of rotatable bonds is 5. The summed E-state index contributed by atoms with van der Waals surface area (Å²) in [5, 5.41) is 3.96. The predicted octanol–water partition coefficient (Wildman–Crippen LogP) is 2.33. The van der Waals surface area contributed by atoms with Crippen LogP contribution in [-0.4, -0.2) is 22.2 Å². The third kappa shape index (κ3) is 3.59. The Morgan fingerprint density at radius 1 is 1.45 bits per heavy atom. The lowest BCUT2D eigenvalue weighted by molar-refractivity contribution is 0.104. The first kappa shape index (κ1) is 13.6. The maximum absolute atomic E-state index is 11.9. The first-order chi connectivity index (χ1) is 9.69. The van der Waals surface area contributed by atoms with Crippen LogP contribution < -0.4 is 4.74 Å². The molecule has 1 aromatic heterocycles. The van der Waals surface area contributed by atoms with E-state index in [2.05, 4.69) is 11.0 Å². The second kappa shape index (κ2) is 6.39. The van der Waals surface area contributed by atoms with Crippen molar-refractivity contribution < 1.29 is 9.53 Å². The maximum atomic E-state index is 11.9. The van der Waals surface area contributed by atoms with Gasteiger partial charge in [0.05, 0.1) is 11.8 Å². The van der Waals surface area contributed by atoms with Gasteiger partial charge in [-0.1, -0.05) is 24.1 Å². The first-order valence-electron chi connectivity index (χ1n) is 6.06. The van der Waals surface area contributed by atoms with Gasteiger partial charge in [0, 0.05) is 13.2 Å². The van der Waals surface area contributed by atoms with Gasteiger partial charge in [0.25, 0.3) is 0 Å². The highest BCUT2D eigenvalue weighted by Crippen LogP contribution is 2.13. The van der Waals surface area contributed by atoms with Gasteiger partial charge in [0.1, 0.15) is 12.4 Å². The molecule has 4 heteroatoms. The lowest BCUT2D eigenvalue weighted by atomic mass is 10.1. The van der Waals surface area contributed by atoms with Gasteiger partial charge in [-0.3, -0.25) is 9.48 Å². The highest BCUT2D eigenvalue weighted by molar-refractivity contribution is 6.06. The Morgan fingerprint density at radius 2 is 2.20 bits per heavy atom. The monoisotopic (exact) mass is 266 g/mol. The quantitative estimate of drug-likeness (QED) is 0.474. The average molecular weight is 266 g/mol. The highest BCUT2D eigenvalue weighted by Gasteiger charge is 2.03. The number of benzene rings is 1. The zero-order valence-electron chi connectivity index (χ0n) is 11.1. The summed E-state index contributed by atoms with van der Waals surface area (Å²) in [5.74, 6) is 3.03. The van der Waals surface area contributed by atoms with Crippen molar-refractivity contribution in [1.82, 2.24) is 9.78 Å². The Labute approximate surface area is 117 Å². The van der Waals surface area contributed by atoms with E-state index in [-0.39, 0.29) is 12.4 Å². The molecule has 2 rings (SSSR count). The zero-order valence-corrected chi connectivity index (χ0v) is 11.1. The number of aromatic nitrogens is 2. The molecule has 0 saturated heterocycles. The fourth-order valence-electron chi connectivity index (χ4n) is 1.62. The maximum Gasteiger partial charge on any atom is 0.189 e. The van der Waals surface area contributed by atoms with Crippen molar-refractivity contribution in [2.45, 2.75) is 0 Å². The van der Waals surface area contributed by atoms with Crippen LogP contribution in [0.4, 0.5) is 0 Å². The molecule has 0 aliphatic carbocycles. The molecule has 4 nitrogen and oxygen atoms in total. The summed E-state index contributed by atoms with van der Waals surface area (Å²) in [6, 6.07) is 7.34. The number of carbonyl (C=O) groups is 1. The van der Waals surface area contributed by atoms with Crippen LogP contribution in [0.1, 0.15) is 15.9 Å². The van der Waals surface area contributed by atoms with Crippen molar-refractivity contribution in [2.24, 2.45) is 7.05 Å². The number of hydrogen-bond acceptors (Lipinski definition) is 3. The van der Waals surface area contributed by atoms with E-state index < -0.39 is 0 Å². The molecule has 20 heavy (non-hydrogen) atoms. The van der Waals surface area contributed by atoms with E-state index >= 15 is 0 Å². The van der Waals surface area contributed by atoms with Crippen LogP contribution in [0.15, 0.2) is 42.7 Å². The molecule has 0 radical (unpaired) electrons. The molecule has 0 aliphatic rings. The summed E-state index contributed by atoms with van der Waals surface area (Å²) >= 11 is 0. The average Bonchev–Trinajstić information content (AvgIpc) is 2.90. The molecule has 0 atom stereocenters. The molecule has 0 aliphatic heterocycles. The minimum absolute atomic E-state index is 0.0780. The summed E-state index contributed by atoms with van der Waals surface area (Å²) in [7, 11) is 1.77. The Kier molecular flexibility index (Phi) is 4.35. The zero-order chi connectivity index (χ0) is 14.4. The molecule has 0 unspecified atom stereocenters. The fourth-order valence-corrected chi connectivity index (χ4v) is 1.62. The molecule has 100 valence electrons. The second-order valence-electron chi connectivity index (χ2n) is 4.16. The molecule has 0 fully saturated rings. The molecule has 0 spiro atoms. The molecular formula is C16H14N2O2. The van der Waals surface area contributed by atoms with Crippen LogP contribution in [0.25, 0.3) is 6.08 Å². The number of nitrogens with zero attached hydrogens (tertiary/aromatic N) is 2. The number of carbonyl (C=O) groups excluding carboxylic acids is 1. The van der Waals surface area contributed by atoms with Gasteiger partial charge in [0.15, 0.2) is 5.78 Å². The Balaban J connectivity index is 2.01. The van der Waals surface area contributed by atoms with Crippen LogP contribution in [0.5, 0.6) is 5.75 Å². The van der Waals surface area contributed by atoms with E-state index in [9.17, 15) is 4.79 Å². The molecule has 1 heterocycles. The van der Waals surface area contributed by atoms with Crippen LogP contribution >= 0.6 is 0 Å². The summed E-state index contributed by atoms with van der Waals surface area (Å²) < 4.78 is 6.87. The highest BCUT2D eigenvalue weighted by atomic mass is 16.5. The van der Waals surface area contributed by atoms with E-state index in [0.717, 1.165) is 5.56 Å². The third-order valence-electron chi connectivity index (χ3n) is 2.62. The van der Waals surface area contributed by atoms with E-state index in [1.165, 1.54) is 6.08 Å². The third-order valence-corrected chi connectivity index (χ3v) is 2.62. The summed E-state index contributed by atoms with van der Waals surface area (Å²) in [4.78, 5) is 11.9. The number of ketones is 1. The van der Waals surface area contributed by atoms with Crippen molar-refractivity contribution in [1.29, 1.82) is 0 Å². The van der Waals surface area contributed by atoms with Gasteiger partial charge in [-0.25, -0.2) is 0 Å². The Hall–Kier alpha value is -2.80. The number of aryl methyl sites for hydroxylation is 1. The largest absolute Gasteiger partial charge is 0.481 e. The molecule has 1 aromatic carbocycles. The molecule has 0 bridgehead atoms. The molecular weight excluding hydrogens is 252 g/mol. The van der Waals surface area contributed by atoms with E-state index in [0.29, 0.717) is 11.3 Å². The lowest BCUT2D eigenvalue weighted by Crippen LogP contribution is -1.93. The Morgan fingerprint density at radius 3 is 2.80 bits per heavy atom. The van der Waals surface area contributed by atoms with Crippen molar-refractivity contribution in [3.63, 3.8) is 0 Å². The minimum Gasteiger partial charge on any atom is -0.481 e. The van der Waals surface area contributed by atoms with Crippen LogP contribution in [0.2, 0.25) is 0 Å². The predicted molar refractivity (Wildman–Crippen MR) is 77.3 cm³/mol. The van der Waals surface area contributed by atoms with Gasteiger partial charge in [-0.05, 0) is 23.8 Å². The number of allylic oxidation sites excluding steroid dienone is 1. The molecule has 0 N–H and O–H groups in total. The second-order valence-corrected chi connectivity index (χ2v) is 4.16. The molecule has 0 saturated carbocycles. The fraction of sp³-hybridized carbons (Fsp3) is 0.125. The van der Waals surface area contributed by atoms with Gasteiger partial charge < -0.3 is 4.74 Å². The SMILES string of the molecule is C#CCOc1ccc(C=CC(=O)c2cnn(C)c2)cc1. The van der Waals surface area contributed by atoms with Crippen molar-refractivity contribution in [2.75, 3.05) is 6.61 Å². The van der Waals surface area contributed by atoms with Crippen molar-refractivity contribution >= 4 is 11.9 Å². The van der Waals surface area contributed by atoms with Gasteiger partial charge >= 0.3 is 0 Å². The lowest BCUT2D eigenvalue weighted by Gasteiger charge is -2.01. The smallest absolute Gasteiger partial charge is 0.189 e. The summed E-state index contributed by atoms with van der Waals surface area (Å²) in [5.41, 5.74) is 1.48. The Bertz CT molecular complexity index is 661. The standard InChI is InChI=1S/C16H14N2O2/c1-3-10-20-15-7-4-13(5-8-15)6-9-16(19)14-11-17-18(2)12-14/h1,4-9,11-12H,10H2,2H3. The normalized spacial score (nSPS) is 10.4. The minimum atomic E-state index is -0.0780. The molecule has 0 amide bonds.